The van der Waals surface area contributed by atoms with Gasteiger partial charge in [0.15, 0.2) is 0 Å². The number of H-pyrrole nitrogens is 1. The quantitative estimate of drug-likeness (QED) is 0.691. The molecule has 5 heteroatoms. The van der Waals surface area contributed by atoms with E-state index in [4.69, 9.17) is 0 Å². The maximum Gasteiger partial charge on any atom is 0.223 e. The summed E-state index contributed by atoms with van der Waals surface area (Å²) in [6.45, 7) is 2.53. The lowest BCUT2D eigenvalue weighted by Crippen LogP contribution is -2.25. The van der Waals surface area contributed by atoms with Crippen LogP contribution in [0.15, 0.2) is 6.33 Å². The predicted molar refractivity (Wildman–Crippen MR) is 45.5 cm³/mol. The first kappa shape index (κ1) is 8.22. The van der Waals surface area contributed by atoms with E-state index in [1.165, 1.54) is 6.33 Å². The molecule has 1 aliphatic rings. The molecule has 70 valence electrons. The van der Waals surface area contributed by atoms with E-state index in [0.29, 0.717) is 18.3 Å². The number of amides is 1. The van der Waals surface area contributed by atoms with Gasteiger partial charge in [-0.3, -0.25) is 9.89 Å². The van der Waals surface area contributed by atoms with Crippen molar-refractivity contribution in [1.29, 1.82) is 0 Å². The van der Waals surface area contributed by atoms with Crippen molar-refractivity contribution in [2.24, 2.45) is 11.8 Å². The molecule has 0 aromatic carbocycles. The van der Waals surface area contributed by atoms with E-state index in [9.17, 15) is 4.79 Å². The third-order valence-electron chi connectivity index (χ3n) is 2.34. The first-order valence-corrected chi connectivity index (χ1v) is 4.39. The highest BCUT2D eigenvalue weighted by Gasteiger charge is 2.38. The Bertz CT molecular complexity index is 295. The van der Waals surface area contributed by atoms with Crippen molar-refractivity contribution in [2.45, 2.75) is 19.9 Å². The Morgan fingerprint density at radius 2 is 2.62 bits per heavy atom. The summed E-state index contributed by atoms with van der Waals surface area (Å²) in [4.78, 5) is 15.2. The zero-order chi connectivity index (χ0) is 9.26. The molecule has 0 radical (unpaired) electrons. The molecular formula is C8H12N4O. The summed E-state index contributed by atoms with van der Waals surface area (Å²) in [6.07, 6.45) is 2.45. The summed E-state index contributed by atoms with van der Waals surface area (Å²) in [5, 5.41) is 9.18. The van der Waals surface area contributed by atoms with Crippen LogP contribution in [0.2, 0.25) is 0 Å². The second-order valence-corrected chi connectivity index (χ2v) is 3.47. The second kappa shape index (κ2) is 3.16. The molecule has 1 heterocycles. The van der Waals surface area contributed by atoms with Crippen LogP contribution in [0.25, 0.3) is 0 Å². The molecule has 2 atom stereocenters. The third kappa shape index (κ3) is 1.85. The van der Waals surface area contributed by atoms with E-state index in [1.807, 2.05) is 0 Å². The summed E-state index contributed by atoms with van der Waals surface area (Å²) < 4.78 is 0. The van der Waals surface area contributed by atoms with Crippen molar-refractivity contribution in [3.63, 3.8) is 0 Å². The largest absolute Gasteiger partial charge is 0.349 e. The molecule has 0 saturated heterocycles. The van der Waals surface area contributed by atoms with Crippen LogP contribution in [-0.4, -0.2) is 21.1 Å². The summed E-state index contributed by atoms with van der Waals surface area (Å²) in [5.74, 6) is 1.60. The molecule has 2 unspecified atom stereocenters. The number of aromatic nitrogens is 3. The first-order valence-electron chi connectivity index (χ1n) is 4.39. The summed E-state index contributed by atoms with van der Waals surface area (Å²) in [7, 11) is 0. The summed E-state index contributed by atoms with van der Waals surface area (Å²) in [6, 6.07) is 0. The number of rotatable bonds is 3. The first-order chi connectivity index (χ1) is 6.27. The van der Waals surface area contributed by atoms with Crippen molar-refractivity contribution in [3.8, 4) is 0 Å². The minimum absolute atomic E-state index is 0.129. The number of nitrogens with zero attached hydrogens (tertiary/aromatic N) is 2. The fourth-order valence-corrected chi connectivity index (χ4v) is 1.31. The minimum atomic E-state index is 0.129. The van der Waals surface area contributed by atoms with Crippen LogP contribution in [0.1, 0.15) is 19.2 Å². The third-order valence-corrected chi connectivity index (χ3v) is 2.34. The Morgan fingerprint density at radius 3 is 3.15 bits per heavy atom. The molecule has 2 N–H and O–H groups in total. The van der Waals surface area contributed by atoms with Gasteiger partial charge < -0.3 is 5.32 Å². The number of carbonyl (C=O) groups is 1. The van der Waals surface area contributed by atoms with Gasteiger partial charge in [-0.05, 0) is 12.3 Å². The van der Waals surface area contributed by atoms with Crippen molar-refractivity contribution < 1.29 is 4.79 Å². The van der Waals surface area contributed by atoms with Gasteiger partial charge in [-0.15, -0.1) is 0 Å². The van der Waals surface area contributed by atoms with Crippen molar-refractivity contribution >= 4 is 5.91 Å². The zero-order valence-corrected chi connectivity index (χ0v) is 7.45. The van der Waals surface area contributed by atoms with E-state index in [1.54, 1.807) is 0 Å². The number of hydrogen-bond acceptors (Lipinski definition) is 3. The smallest absolute Gasteiger partial charge is 0.223 e. The van der Waals surface area contributed by atoms with E-state index in [2.05, 4.69) is 27.4 Å². The highest BCUT2D eigenvalue weighted by Crippen LogP contribution is 2.37. The maximum atomic E-state index is 11.3. The molecule has 1 amide bonds. The molecule has 0 bridgehead atoms. The van der Waals surface area contributed by atoms with Crippen LogP contribution in [0.5, 0.6) is 0 Å². The fourth-order valence-electron chi connectivity index (χ4n) is 1.31. The van der Waals surface area contributed by atoms with E-state index < -0.39 is 0 Å². The molecule has 1 aromatic rings. The van der Waals surface area contributed by atoms with Gasteiger partial charge in [-0.2, -0.15) is 5.10 Å². The molecule has 0 aliphatic heterocycles. The second-order valence-electron chi connectivity index (χ2n) is 3.47. The van der Waals surface area contributed by atoms with E-state index in [-0.39, 0.29) is 11.8 Å². The van der Waals surface area contributed by atoms with Crippen LogP contribution in [0, 0.1) is 11.8 Å². The van der Waals surface area contributed by atoms with Crippen LogP contribution in [0.4, 0.5) is 0 Å². The molecule has 13 heavy (non-hydrogen) atoms. The Labute approximate surface area is 75.9 Å². The summed E-state index contributed by atoms with van der Waals surface area (Å²) >= 11 is 0. The molecule has 1 aliphatic carbocycles. The molecule has 0 spiro atoms. The normalized spacial score (nSPS) is 25.6. The Hall–Kier alpha value is -1.39. The topological polar surface area (TPSA) is 70.7 Å². The van der Waals surface area contributed by atoms with Gasteiger partial charge in [0.2, 0.25) is 5.91 Å². The molecule has 1 saturated carbocycles. The minimum Gasteiger partial charge on any atom is -0.349 e. The zero-order valence-electron chi connectivity index (χ0n) is 7.45. The van der Waals surface area contributed by atoms with Crippen LogP contribution in [-0.2, 0) is 11.3 Å². The van der Waals surface area contributed by atoms with Crippen molar-refractivity contribution in [2.75, 3.05) is 0 Å². The Balaban J connectivity index is 1.77. The van der Waals surface area contributed by atoms with Crippen LogP contribution in [0.3, 0.4) is 0 Å². The molecule has 1 fully saturated rings. The number of aromatic amines is 1. The maximum absolute atomic E-state index is 11.3. The molecule has 5 nitrogen and oxygen atoms in total. The standard InChI is InChI=1S/C8H12N4O/c1-5-2-6(5)8(13)9-3-7-10-4-11-12-7/h4-6H,2-3H2,1H3,(H,9,13)(H,10,11,12). The Kier molecular flexibility index (Phi) is 2.00. The van der Waals surface area contributed by atoms with Crippen LogP contribution < -0.4 is 5.32 Å². The average Bonchev–Trinajstić information content (AvgIpc) is 2.68. The molecule has 2 rings (SSSR count). The van der Waals surface area contributed by atoms with Gasteiger partial charge in [0.1, 0.15) is 12.2 Å². The fraction of sp³-hybridized carbons (Fsp3) is 0.625. The van der Waals surface area contributed by atoms with Crippen LogP contribution >= 0.6 is 0 Å². The highest BCUT2D eigenvalue weighted by atomic mass is 16.2. The lowest BCUT2D eigenvalue weighted by atomic mass is 10.3. The SMILES string of the molecule is CC1CC1C(=O)NCc1ncn[nH]1. The predicted octanol–water partition coefficient (Wildman–Crippen LogP) is 0.0769. The monoisotopic (exact) mass is 180 g/mol. The van der Waals surface area contributed by atoms with Gasteiger partial charge in [0.05, 0.1) is 6.54 Å². The van der Waals surface area contributed by atoms with Gasteiger partial charge in [0.25, 0.3) is 0 Å². The number of carbonyl (C=O) groups excluding carboxylic acids is 1. The highest BCUT2D eigenvalue weighted by molar-refractivity contribution is 5.81. The van der Waals surface area contributed by atoms with Gasteiger partial charge in [-0.25, -0.2) is 4.98 Å². The van der Waals surface area contributed by atoms with E-state index in [0.717, 1.165) is 6.42 Å². The average molecular weight is 180 g/mol. The van der Waals surface area contributed by atoms with Crippen molar-refractivity contribution in [3.05, 3.63) is 12.2 Å². The summed E-state index contributed by atoms with van der Waals surface area (Å²) in [5.41, 5.74) is 0. The lowest BCUT2D eigenvalue weighted by Gasteiger charge is -2.00. The molecular weight excluding hydrogens is 168 g/mol. The van der Waals surface area contributed by atoms with Crippen molar-refractivity contribution in [1.82, 2.24) is 20.5 Å². The molecule has 1 aromatic heterocycles. The van der Waals surface area contributed by atoms with E-state index >= 15 is 0 Å². The van der Waals surface area contributed by atoms with Gasteiger partial charge in [-0.1, -0.05) is 6.92 Å². The van der Waals surface area contributed by atoms with Gasteiger partial charge >= 0.3 is 0 Å². The number of nitrogens with one attached hydrogen (secondary N) is 2. The lowest BCUT2D eigenvalue weighted by molar-refractivity contribution is -0.122. The van der Waals surface area contributed by atoms with Gasteiger partial charge in [0, 0.05) is 5.92 Å². The Morgan fingerprint density at radius 1 is 1.85 bits per heavy atom. The number of hydrogen-bond donors (Lipinski definition) is 2.